The van der Waals surface area contributed by atoms with Gasteiger partial charge >= 0.3 is 7.12 Å². The number of rotatable bonds is 5. The molecule has 0 saturated carbocycles. The summed E-state index contributed by atoms with van der Waals surface area (Å²) in [6.07, 6.45) is 2.13. The second-order valence-electron chi connectivity index (χ2n) is 7.64. The maximum absolute atomic E-state index is 6.21. The summed E-state index contributed by atoms with van der Waals surface area (Å²) in [5, 5.41) is 4.28. The summed E-state index contributed by atoms with van der Waals surface area (Å²) >= 11 is 0. The van der Waals surface area contributed by atoms with E-state index >= 15 is 0 Å². The molecule has 6 heteroatoms. The number of hydrogen-bond donors (Lipinski definition) is 1. The fourth-order valence-corrected chi connectivity index (χ4v) is 2.94. The molecule has 1 aromatic heterocycles. The van der Waals surface area contributed by atoms with Crippen molar-refractivity contribution in [1.29, 1.82) is 0 Å². The topological polar surface area (TPSA) is 52.6 Å². The smallest absolute Gasteiger partial charge is 0.481 e. The zero-order chi connectivity index (χ0) is 18.9. The van der Waals surface area contributed by atoms with Crippen LogP contribution < -0.4 is 10.1 Å². The standard InChI is InChI=1S/C20H27BN2O3/c1-19(2)20(3,4)26-21(25-19)16(13-22-5)12-14-7-9-17-15(11-14)8-10-18(23-17)24-6/h7-12,22H,13H2,1-6H3. The van der Waals surface area contributed by atoms with Crippen molar-refractivity contribution in [2.24, 2.45) is 0 Å². The van der Waals surface area contributed by atoms with Crippen molar-refractivity contribution in [3.8, 4) is 5.88 Å². The monoisotopic (exact) mass is 354 g/mol. The molecule has 26 heavy (non-hydrogen) atoms. The summed E-state index contributed by atoms with van der Waals surface area (Å²) in [7, 11) is 3.19. The summed E-state index contributed by atoms with van der Waals surface area (Å²) in [6, 6.07) is 10.1. The number of pyridine rings is 1. The normalized spacial score (nSPS) is 19.2. The van der Waals surface area contributed by atoms with Crippen LogP contribution in [-0.2, 0) is 9.31 Å². The lowest BCUT2D eigenvalue weighted by Crippen LogP contribution is -2.41. The van der Waals surface area contributed by atoms with Crippen molar-refractivity contribution in [2.75, 3.05) is 20.7 Å². The molecule has 1 fully saturated rings. The summed E-state index contributed by atoms with van der Waals surface area (Å²) in [5.74, 6) is 0.619. The van der Waals surface area contributed by atoms with Gasteiger partial charge in [0, 0.05) is 18.0 Å². The molecule has 138 valence electrons. The molecule has 1 aromatic carbocycles. The van der Waals surface area contributed by atoms with E-state index in [1.165, 1.54) is 0 Å². The number of ether oxygens (including phenoxy) is 1. The third kappa shape index (κ3) is 3.63. The highest BCUT2D eigenvalue weighted by Gasteiger charge is 2.52. The van der Waals surface area contributed by atoms with Crippen molar-refractivity contribution in [2.45, 2.75) is 38.9 Å². The molecule has 2 aromatic rings. The van der Waals surface area contributed by atoms with Crippen molar-refractivity contribution >= 4 is 24.1 Å². The number of nitrogens with one attached hydrogen (secondary N) is 1. The number of methoxy groups -OCH3 is 1. The maximum atomic E-state index is 6.21. The molecule has 0 aliphatic carbocycles. The van der Waals surface area contributed by atoms with Gasteiger partial charge in [0.25, 0.3) is 0 Å². The second-order valence-corrected chi connectivity index (χ2v) is 7.64. The SMILES string of the molecule is CNCC(=Cc1ccc2nc(OC)ccc2c1)B1OC(C)(C)C(C)(C)O1. The minimum Gasteiger partial charge on any atom is -0.481 e. The van der Waals surface area contributed by atoms with Crippen LogP contribution in [-0.4, -0.2) is 44.0 Å². The van der Waals surface area contributed by atoms with Gasteiger partial charge in [-0.1, -0.05) is 12.1 Å². The molecule has 3 rings (SSSR count). The molecule has 0 unspecified atom stereocenters. The van der Waals surface area contributed by atoms with E-state index in [0.717, 1.165) is 21.9 Å². The fourth-order valence-electron chi connectivity index (χ4n) is 2.94. The predicted molar refractivity (Wildman–Crippen MR) is 106 cm³/mol. The highest BCUT2D eigenvalue weighted by molar-refractivity contribution is 6.55. The Hall–Kier alpha value is -1.89. The Balaban J connectivity index is 1.93. The molecule has 0 atom stereocenters. The number of likely N-dealkylation sites (N-methyl/N-ethyl adjacent to an activating group) is 1. The van der Waals surface area contributed by atoms with Crippen molar-refractivity contribution in [3.63, 3.8) is 0 Å². The fraction of sp³-hybridized carbons (Fsp3) is 0.450. The third-order valence-corrected chi connectivity index (χ3v) is 5.19. The van der Waals surface area contributed by atoms with Crippen LogP contribution in [0.15, 0.2) is 35.8 Å². The van der Waals surface area contributed by atoms with Gasteiger partial charge in [0.2, 0.25) is 5.88 Å². The van der Waals surface area contributed by atoms with E-state index in [1.807, 2.05) is 25.2 Å². The van der Waals surface area contributed by atoms with Gasteiger partial charge in [-0.3, -0.25) is 0 Å². The Morgan fingerprint density at radius 2 is 1.85 bits per heavy atom. The summed E-state index contributed by atoms with van der Waals surface area (Å²) in [5.41, 5.74) is 2.35. The molecule has 0 bridgehead atoms. The minimum atomic E-state index is -0.364. The summed E-state index contributed by atoms with van der Waals surface area (Å²) in [6.45, 7) is 8.96. The molecule has 1 aliphatic heterocycles. The number of benzene rings is 1. The highest BCUT2D eigenvalue weighted by Crippen LogP contribution is 2.38. The second kappa shape index (κ2) is 7.03. The van der Waals surface area contributed by atoms with E-state index in [-0.39, 0.29) is 18.3 Å². The number of nitrogens with zero attached hydrogens (tertiary/aromatic N) is 1. The molecular formula is C20H27BN2O3. The van der Waals surface area contributed by atoms with Crippen molar-refractivity contribution in [1.82, 2.24) is 10.3 Å². The van der Waals surface area contributed by atoms with Crippen LogP contribution in [0.5, 0.6) is 5.88 Å². The first-order valence-electron chi connectivity index (χ1n) is 8.91. The lowest BCUT2D eigenvalue weighted by atomic mass is 9.77. The van der Waals surface area contributed by atoms with Crippen molar-refractivity contribution in [3.05, 3.63) is 41.4 Å². The van der Waals surface area contributed by atoms with Gasteiger partial charge in [0.1, 0.15) is 0 Å². The Morgan fingerprint density at radius 1 is 1.15 bits per heavy atom. The summed E-state index contributed by atoms with van der Waals surface area (Å²) in [4.78, 5) is 4.46. The zero-order valence-corrected chi connectivity index (χ0v) is 16.4. The Bertz CT molecular complexity index is 817. The van der Waals surface area contributed by atoms with E-state index in [2.05, 4.69) is 56.2 Å². The van der Waals surface area contributed by atoms with Gasteiger partial charge < -0.3 is 19.4 Å². The van der Waals surface area contributed by atoms with Gasteiger partial charge in [-0.15, -0.1) is 0 Å². The van der Waals surface area contributed by atoms with E-state index in [9.17, 15) is 0 Å². The van der Waals surface area contributed by atoms with Crippen LogP contribution in [0, 0.1) is 0 Å². The lowest BCUT2D eigenvalue weighted by Gasteiger charge is -2.32. The Kier molecular flexibility index (Phi) is 5.10. The first-order valence-corrected chi connectivity index (χ1v) is 8.91. The minimum absolute atomic E-state index is 0.353. The molecule has 0 radical (unpaired) electrons. The average Bonchev–Trinajstić information content (AvgIpc) is 2.81. The van der Waals surface area contributed by atoms with Crippen LogP contribution in [0.2, 0.25) is 0 Å². The Morgan fingerprint density at radius 3 is 2.46 bits per heavy atom. The molecule has 5 nitrogen and oxygen atoms in total. The van der Waals surface area contributed by atoms with Crippen LogP contribution >= 0.6 is 0 Å². The van der Waals surface area contributed by atoms with Crippen LogP contribution in [0.3, 0.4) is 0 Å². The Labute approximate surface area is 155 Å². The van der Waals surface area contributed by atoms with Gasteiger partial charge in [-0.25, -0.2) is 4.98 Å². The molecule has 0 amide bonds. The highest BCUT2D eigenvalue weighted by atomic mass is 16.7. The molecule has 1 aliphatic rings. The molecule has 0 spiro atoms. The summed E-state index contributed by atoms with van der Waals surface area (Å²) < 4.78 is 17.6. The van der Waals surface area contributed by atoms with Crippen LogP contribution in [0.1, 0.15) is 33.3 Å². The van der Waals surface area contributed by atoms with E-state index in [4.69, 9.17) is 14.0 Å². The zero-order valence-electron chi connectivity index (χ0n) is 16.4. The lowest BCUT2D eigenvalue weighted by molar-refractivity contribution is 0.00578. The molecule has 1 N–H and O–H groups in total. The van der Waals surface area contributed by atoms with Gasteiger partial charge in [0.15, 0.2) is 0 Å². The average molecular weight is 354 g/mol. The molecule has 2 heterocycles. The number of fused-ring (bicyclic) bond motifs is 1. The first kappa shape index (κ1) is 18.9. The molecule has 1 saturated heterocycles. The van der Waals surface area contributed by atoms with Gasteiger partial charge in [-0.2, -0.15) is 0 Å². The number of hydrogen-bond acceptors (Lipinski definition) is 5. The largest absolute Gasteiger partial charge is 0.491 e. The predicted octanol–water partition coefficient (Wildman–Crippen LogP) is 3.48. The number of aromatic nitrogens is 1. The van der Waals surface area contributed by atoms with Crippen LogP contribution in [0.4, 0.5) is 0 Å². The third-order valence-electron chi connectivity index (χ3n) is 5.19. The maximum Gasteiger partial charge on any atom is 0.491 e. The first-order chi connectivity index (χ1) is 12.3. The van der Waals surface area contributed by atoms with Crippen molar-refractivity contribution < 1.29 is 14.0 Å². The van der Waals surface area contributed by atoms with E-state index in [0.29, 0.717) is 12.4 Å². The quantitative estimate of drug-likeness (QED) is 0.834. The van der Waals surface area contributed by atoms with Gasteiger partial charge in [0.05, 0.1) is 23.8 Å². The molecular weight excluding hydrogens is 327 g/mol. The van der Waals surface area contributed by atoms with Crippen LogP contribution in [0.25, 0.3) is 17.0 Å². The van der Waals surface area contributed by atoms with E-state index < -0.39 is 0 Å². The van der Waals surface area contributed by atoms with Gasteiger partial charge in [-0.05, 0) is 64.0 Å². The van der Waals surface area contributed by atoms with E-state index in [1.54, 1.807) is 7.11 Å².